The zero-order valence-corrected chi connectivity index (χ0v) is 9.17. The Bertz CT molecular complexity index is 424. The first kappa shape index (κ1) is 9.90. The van der Waals surface area contributed by atoms with Crippen LogP contribution in [0.15, 0.2) is 30.9 Å². The van der Waals surface area contributed by atoms with E-state index in [4.69, 9.17) is 0 Å². The summed E-state index contributed by atoms with van der Waals surface area (Å²) < 4.78 is 0. The predicted molar refractivity (Wildman–Crippen MR) is 68.6 cm³/mol. The molecule has 1 aromatic carbocycles. The molecule has 0 bridgehead atoms. The van der Waals surface area contributed by atoms with Crippen LogP contribution in [-0.4, -0.2) is 6.98 Å². The number of rotatable bonds is 1. The fourth-order valence-corrected chi connectivity index (χ4v) is 1.95. The molecule has 0 aliphatic carbocycles. The summed E-state index contributed by atoms with van der Waals surface area (Å²) in [5.41, 5.74) is 4.52. The third-order valence-corrected chi connectivity index (χ3v) is 2.51. The zero-order chi connectivity index (χ0) is 10.8. The molecule has 1 heterocycles. The van der Waals surface area contributed by atoms with Crippen LogP contribution < -0.4 is 10.5 Å². The minimum absolute atomic E-state index is 0.242. The smallest absolute Gasteiger partial charge is 0.366 e. The van der Waals surface area contributed by atoms with Crippen molar-refractivity contribution < 1.29 is 0 Å². The molecule has 15 heavy (non-hydrogen) atoms. The van der Waals surface area contributed by atoms with Gasteiger partial charge in [0.05, 0.1) is 0 Å². The summed E-state index contributed by atoms with van der Waals surface area (Å²) in [7, 11) is 0. The molecule has 3 heteroatoms. The van der Waals surface area contributed by atoms with Crippen molar-refractivity contribution >= 4 is 24.4 Å². The maximum atomic E-state index is 4.06. The van der Waals surface area contributed by atoms with E-state index < -0.39 is 0 Å². The van der Waals surface area contributed by atoms with Crippen molar-refractivity contribution in [2.75, 3.05) is 5.23 Å². The summed E-state index contributed by atoms with van der Waals surface area (Å²) in [4.78, 5) is 0. The highest BCUT2D eigenvalue weighted by atomic mass is 15.0. The molecule has 2 nitrogen and oxygen atoms in total. The van der Waals surface area contributed by atoms with Crippen LogP contribution in [0.1, 0.15) is 18.1 Å². The Morgan fingerprint density at radius 2 is 2.13 bits per heavy atom. The minimum atomic E-state index is 0.242. The van der Waals surface area contributed by atoms with Crippen molar-refractivity contribution in [1.29, 1.82) is 0 Å². The lowest BCUT2D eigenvalue weighted by Crippen LogP contribution is -2.41. The molecular formula is C12H15BN2. The van der Waals surface area contributed by atoms with Crippen molar-refractivity contribution in [3.63, 3.8) is 0 Å². The zero-order valence-electron chi connectivity index (χ0n) is 9.17. The second kappa shape index (κ2) is 3.85. The Kier molecular flexibility index (Phi) is 2.54. The highest BCUT2D eigenvalue weighted by Crippen LogP contribution is 2.29. The van der Waals surface area contributed by atoms with E-state index in [1.807, 2.05) is 13.0 Å². The number of anilines is 1. The Hall–Kier alpha value is -1.64. The minimum Gasteiger partial charge on any atom is -0.410 e. The van der Waals surface area contributed by atoms with Gasteiger partial charge in [0.1, 0.15) is 0 Å². The predicted octanol–water partition coefficient (Wildman–Crippen LogP) is 2.82. The fraction of sp³-hybridized carbons (Fsp3) is 0.167. The normalized spacial score (nSPS) is 14.8. The van der Waals surface area contributed by atoms with Gasteiger partial charge < -0.3 is 10.5 Å². The number of hydrogen-bond acceptors (Lipinski definition) is 2. The molecule has 0 saturated carbocycles. The van der Waals surface area contributed by atoms with Crippen molar-refractivity contribution in [1.82, 2.24) is 5.23 Å². The second-order valence-corrected chi connectivity index (χ2v) is 3.76. The van der Waals surface area contributed by atoms with Crippen LogP contribution in [0.5, 0.6) is 0 Å². The Balaban J connectivity index is 2.54. The van der Waals surface area contributed by atoms with Gasteiger partial charge >= 0.3 is 6.98 Å². The molecule has 0 fully saturated rings. The third-order valence-electron chi connectivity index (χ3n) is 2.51. The highest BCUT2D eigenvalue weighted by molar-refractivity contribution is 6.61. The van der Waals surface area contributed by atoms with Gasteiger partial charge in [-0.2, -0.15) is 0 Å². The van der Waals surface area contributed by atoms with Crippen LogP contribution in [0.25, 0.3) is 11.8 Å². The van der Waals surface area contributed by atoms with Gasteiger partial charge in [0.2, 0.25) is 0 Å². The van der Waals surface area contributed by atoms with Crippen LogP contribution in [-0.2, 0) is 0 Å². The van der Waals surface area contributed by atoms with Crippen LogP contribution >= 0.6 is 0 Å². The molecular weight excluding hydrogens is 183 g/mol. The molecule has 76 valence electrons. The molecule has 0 aromatic heterocycles. The van der Waals surface area contributed by atoms with E-state index in [0.717, 1.165) is 11.4 Å². The fourth-order valence-electron chi connectivity index (χ4n) is 1.95. The second-order valence-electron chi connectivity index (χ2n) is 3.76. The molecule has 0 spiro atoms. The van der Waals surface area contributed by atoms with Gasteiger partial charge in [-0.05, 0) is 25.4 Å². The topological polar surface area (TPSA) is 24.1 Å². The molecule has 0 saturated heterocycles. The molecule has 0 atom stereocenters. The highest BCUT2D eigenvalue weighted by Gasteiger charge is 2.20. The number of hydrogen-bond donors (Lipinski definition) is 2. The lowest BCUT2D eigenvalue weighted by Gasteiger charge is -2.27. The molecule has 1 aliphatic rings. The molecule has 0 unspecified atom stereocenters. The van der Waals surface area contributed by atoms with E-state index in [0.29, 0.717) is 0 Å². The summed E-state index contributed by atoms with van der Waals surface area (Å²) in [6, 6.07) is 6.25. The first-order valence-corrected chi connectivity index (χ1v) is 5.20. The first-order chi connectivity index (χ1) is 7.22. The maximum Gasteiger partial charge on any atom is 0.366 e. The number of benzene rings is 1. The van der Waals surface area contributed by atoms with Gasteiger partial charge in [-0.1, -0.05) is 30.9 Å². The Labute approximate surface area is 91.2 Å². The summed E-state index contributed by atoms with van der Waals surface area (Å²) in [5, 5.41) is 6.68. The molecule has 0 radical (unpaired) electrons. The van der Waals surface area contributed by atoms with E-state index in [1.54, 1.807) is 0 Å². The van der Waals surface area contributed by atoms with Gasteiger partial charge in [-0.25, -0.2) is 0 Å². The Morgan fingerprint density at radius 3 is 2.87 bits per heavy atom. The summed E-state index contributed by atoms with van der Waals surface area (Å²) in [5.74, 6) is 0. The first-order valence-electron chi connectivity index (χ1n) is 5.20. The monoisotopic (exact) mass is 198 g/mol. The number of allylic oxidation sites excluding steroid dienone is 1. The van der Waals surface area contributed by atoms with Crippen molar-refractivity contribution in [2.45, 2.75) is 13.7 Å². The maximum absolute atomic E-state index is 4.06. The lowest BCUT2D eigenvalue weighted by atomic mass is 9.76. The van der Waals surface area contributed by atoms with Crippen molar-refractivity contribution in [3.05, 3.63) is 42.0 Å². The molecule has 1 aliphatic heterocycles. The van der Waals surface area contributed by atoms with Crippen LogP contribution in [0.2, 0.25) is 6.82 Å². The van der Waals surface area contributed by atoms with Gasteiger partial charge in [0.15, 0.2) is 0 Å². The largest absolute Gasteiger partial charge is 0.410 e. The molecule has 1 aromatic rings. The summed E-state index contributed by atoms with van der Waals surface area (Å²) in [6.07, 6.45) is 4.14. The van der Waals surface area contributed by atoms with Crippen LogP contribution in [0.4, 0.5) is 5.69 Å². The molecule has 2 N–H and O–H groups in total. The average Bonchev–Trinajstić information content (AvgIpc) is 2.17. The van der Waals surface area contributed by atoms with E-state index in [2.05, 4.69) is 48.1 Å². The van der Waals surface area contributed by atoms with E-state index in [1.165, 1.54) is 11.1 Å². The molecule has 2 rings (SSSR count). The van der Waals surface area contributed by atoms with E-state index >= 15 is 0 Å². The standard InChI is InChI=1S/C12H15BN2/c1-4-6-10-7-5-8-11-12(10)9(2)14-13(3)15-11/h4-8,14-15H,2H2,1,3H3/b6-4-. The summed E-state index contributed by atoms with van der Waals surface area (Å²) in [6.45, 7) is 8.41. The van der Waals surface area contributed by atoms with E-state index in [9.17, 15) is 0 Å². The number of nitrogens with one attached hydrogen (secondary N) is 2. The van der Waals surface area contributed by atoms with Crippen LogP contribution in [0, 0.1) is 0 Å². The van der Waals surface area contributed by atoms with Gasteiger partial charge in [0.25, 0.3) is 0 Å². The number of fused-ring (bicyclic) bond motifs is 1. The Morgan fingerprint density at radius 1 is 1.33 bits per heavy atom. The van der Waals surface area contributed by atoms with Gasteiger partial charge in [0, 0.05) is 16.9 Å². The van der Waals surface area contributed by atoms with E-state index in [-0.39, 0.29) is 6.98 Å². The van der Waals surface area contributed by atoms with Gasteiger partial charge in [-0.3, -0.25) is 0 Å². The SMILES string of the molecule is C=C1NB(C)Nc2cccc(/C=C\C)c21. The summed E-state index contributed by atoms with van der Waals surface area (Å²) >= 11 is 0. The van der Waals surface area contributed by atoms with Crippen molar-refractivity contribution in [2.24, 2.45) is 0 Å². The van der Waals surface area contributed by atoms with Crippen molar-refractivity contribution in [3.8, 4) is 0 Å². The van der Waals surface area contributed by atoms with Crippen LogP contribution in [0.3, 0.4) is 0 Å². The lowest BCUT2D eigenvalue weighted by molar-refractivity contribution is 1.28. The van der Waals surface area contributed by atoms with Gasteiger partial charge in [-0.15, -0.1) is 0 Å². The average molecular weight is 198 g/mol. The molecule has 0 amide bonds. The quantitative estimate of drug-likeness (QED) is 0.678. The third kappa shape index (κ3) is 1.77.